The Labute approximate surface area is 115 Å². The van der Waals surface area contributed by atoms with E-state index in [-0.39, 0.29) is 0 Å². The largest absolute Gasteiger partial charge is 0.476 e. The molecular formula is C14H25N3O2. The van der Waals surface area contributed by atoms with E-state index in [0.29, 0.717) is 18.2 Å². The molecule has 0 atom stereocenters. The van der Waals surface area contributed by atoms with Crippen LogP contribution in [0.25, 0.3) is 0 Å². The molecular weight excluding hydrogens is 242 g/mol. The zero-order chi connectivity index (χ0) is 13.9. The van der Waals surface area contributed by atoms with Gasteiger partial charge in [0.15, 0.2) is 0 Å². The summed E-state index contributed by atoms with van der Waals surface area (Å²) >= 11 is 0. The fourth-order valence-electron chi connectivity index (χ4n) is 1.54. The third-order valence-corrected chi connectivity index (χ3v) is 2.58. The van der Waals surface area contributed by atoms with Crippen LogP contribution < -0.4 is 15.8 Å². The van der Waals surface area contributed by atoms with Crippen molar-refractivity contribution in [2.75, 3.05) is 37.4 Å². The molecule has 0 aliphatic heterocycles. The molecule has 0 saturated heterocycles. The van der Waals surface area contributed by atoms with E-state index in [1.54, 1.807) is 6.07 Å². The van der Waals surface area contributed by atoms with Gasteiger partial charge >= 0.3 is 0 Å². The highest BCUT2D eigenvalue weighted by Gasteiger charge is 2.03. The number of unbranched alkanes of at least 4 members (excludes halogenated alkanes) is 1. The maximum absolute atomic E-state index is 5.76. The van der Waals surface area contributed by atoms with Gasteiger partial charge in [-0.05, 0) is 31.9 Å². The van der Waals surface area contributed by atoms with Crippen LogP contribution in [0.1, 0.15) is 33.1 Å². The lowest BCUT2D eigenvalue weighted by molar-refractivity contribution is 0.131. The van der Waals surface area contributed by atoms with Gasteiger partial charge in [-0.1, -0.05) is 13.3 Å². The molecule has 1 aromatic rings. The standard InChI is InChI=1S/C14H25N3O2/c1-3-5-10-18-11-6-9-16-13-8-7-12(15)14(17-13)19-4-2/h7-8H,3-6,9-11,15H2,1-2H3,(H,16,17). The highest BCUT2D eigenvalue weighted by atomic mass is 16.5. The number of hydrogen-bond acceptors (Lipinski definition) is 5. The summed E-state index contributed by atoms with van der Waals surface area (Å²) in [6, 6.07) is 3.66. The van der Waals surface area contributed by atoms with Gasteiger partial charge < -0.3 is 20.5 Å². The minimum absolute atomic E-state index is 0.492. The van der Waals surface area contributed by atoms with Gasteiger partial charge in [-0.25, -0.2) is 0 Å². The van der Waals surface area contributed by atoms with Gasteiger partial charge in [-0.3, -0.25) is 0 Å². The van der Waals surface area contributed by atoms with E-state index < -0.39 is 0 Å². The van der Waals surface area contributed by atoms with Crippen LogP contribution in [-0.2, 0) is 4.74 Å². The zero-order valence-corrected chi connectivity index (χ0v) is 11.9. The van der Waals surface area contributed by atoms with Crippen molar-refractivity contribution < 1.29 is 9.47 Å². The lowest BCUT2D eigenvalue weighted by Gasteiger charge is -2.10. The summed E-state index contributed by atoms with van der Waals surface area (Å²) in [7, 11) is 0. The van der Waals surface area contributed by atoms with Crippen LogP contribution in [-0.4, -0.2) is 31.3 Å². The second-order valence-electron chi connectivity index (χ2n) is 4.27. The van der Waals surface area contributed by atoms with E-state index in [1.807, 2.05) is 13.0 Å². The van der Waals surface area contributed by atoms with Gasteiger partial charge in [-0.15, -0.1) is 0 Å². The van der Waals surface area contributed by atoms with Crippen LogP contribution >= 0.6 is 0 Å². The Hall–Kier alpha value is -1.49. The molecule has 1 heterocycles. The zero-order valence-electron chi connectivity index (χ0n) is 11.9. The van der Waals surface area contributed by atoms with Gasteiger partial charge in [0.1, 0.15) is 5.82 Å². The molecule has 0 saturated carbocycles. The van der Waals surface area contributed by atoms with Crippen molar-refractivity contribution in [3.63, 3.8) is 0 Å². The van der Waals surface area contributed by atoms with Crippen molar-refractivity contribution in [1.82, 2.24) is 4.98 Å². The first-order chi connectivity index (χ1) is 9.27. The van der Waals surface area contributed by atoms with Crippen LogP contribution in [0.2, 0.25) is 0 Å². The average molecular weight is 267 g/mol. The Bertz CT molecular complexity index is 359. The third-order valence-electron chi connectivity index (χ3n) is 2.58. The highest BCUT2D eigenvalue weighted by Crippen LogP contribution is 2.20. The SMILES string of the molecule is CCCCOCCCNc1ccc(N)c(OCC)n1. The molecule has 0 aliphatic rings. The second kappa shape index (κ2) is 9.44. The number of nitrogen functional groups attached to an aromatic ring is 1. The van der Waals surface area contributed by atoms with Gasteiger partial charge in [0.2, 0.25) is 5.88 Å². The first kappa shape index (κ1) is 15.6. The van der Waals surface area contributed by atoms with E-state index in [2.05, 4.69) is 17.2 Å². The van der Waals surface area contributed by atoms with Crippen molar-refractivity contribution in [2.45, 2.75) is 33.1 Å². The number of hydrogen-bond donors (Lipinski definition) is 2. The minimum atomic E-state index is 0.492. The van der Waals surface area contributed by atoms with Gasteiger partial charge in [0, 0.05) is 19.8 Å². The average Bonchev–Trinajstić information content (AvgIpc) is 2.41. The normalized spacial score (nSPS) is 10.4. The molecule has 19 heavy (non-hydrogen) atoms. The number of nitrogens with zero attached hydrogens (tertiary/aromatic N) is 1. The van der Waals surface area contributed by atoms with Crippen LogP contribution in [0.3, 0.4) is 0 Å². The van der Waals surface area contributed by atoms with E-state index >= 15 is 0 Å². The molecule has 0 bridgehead atoms. The molecule has 108 valence electrons. The Morgan fingerprint density at radius 2 is 2.00 bits per heavy atom. The number of anilines is 2. The molecule has 5 heteroatoms. The predicted octanol–water partition coefficient (Wildman–Crippen LogP) is 2.68. The van der Waals surface area contributed by atoms with Gasteiger partial charge in [-0.2, -0.15) is 4.98 Å². The molecule has 1 rings (SSSR count). The van der Waals surface area contributed by atoms with Crippen molar-refractivity contribution in [3.05, 3.63) is 12.1 Å². The van der Waals surface area contributed by atoms with Gasteiger partial charge in [0.25, 0.3) is 0 Å². The quantitative estimate of drug-likeness (QED) is 0.638. The Morgan fingerprint density at radius 3 is 2.74 bits per heavy atom. The Kier molecular flexibility index (Phi) is 7.74. The number of pyridine rings is 1. The number of rotatable bonds is 10. The molecule has 3 N–H and O–H groups in total. The Morgan fingerprint density at radius 1 is 1.21 bits per heavy atom. The summed E-state index contributed by atoms with van der Waals surface area (Å²) in [5, 5.41) is 3.23. The predicted molar refractivity (Wildman–Crippen MR) is 78.7 cm³/mol. The first-order valence-electron chi connectivity index (χ1n) is 6.98. The summed E-state index contributed by atoms with van der Waals surface area (Å²) in [5.74, 6) is 1.28. The number of aromatic nitrogens is 1. The molecule has 0 unspecified atom stereocenters. The topological polar surface area (TPSA) is 69.4 Å². The van der Waals surface area contributed by atoms with Crippen LogP contribution in [0.4, 0.5) is 11.5 Å². The molecule has 0 aromatic carbocycles. The van der Waals surface area contributed by atoms with Crippen LogP contribution in [0.15, 0.2) is 12.1 Å². The van der Waals surface area contributed by atoms with Crippen molar-refractivity contribution >= 4 is 11.5 Å². The summed E-state index contributed by atoms with van der Waals surface area (Å²) in [4.78, 5) is 4.31. The third kappa shape index (κ3) is 6.29. The summed E-state index contributed by atoms with van der Waals surface area (Å²) in [5.41, 5.74) is 6.33. The number of nitrogens with two attached hydrogens (primary N) is 1. The molecule has 0 aliphatic carbocycles. The van der Waals surface area contributed by atoms with E-state index in [1.165, 1.54) is 6.42 Å². The van der Waals surface area contributed by atoms with E-state index in [9.17, 15) is 0 Å². The lowest BCUT2D eigenvalue weighted by Crippen LogP contribution is -2.08. The summed E-state index contributed by atoms with van der Waals surface area (Å²) < 4.78 is 10.8. The fourth-order valence-corrected chi connectivity index (χ4v) is 1.54. The fraction of sp³-hybridized carbons (Fsp3) is 0.643. The summed E-state index contributed by atoms with van der Waals surface area (Å²) in [6.45, 7) is 7.09. The first-order valence-corrected chi connectivity index (χ1v) is 6.98. The smallest absolute Gasteiger partial charge is 0.239 e. The van der Waals surface area contributed by atoms with E-state index in [0.717, 1.165) is 38.4 Å². The van der Waals surface area contributed by atoms with Crippen LogP contribution in [0.5, 0.6) is 5.88 Å². The maximum Gasteiger partial charge on any atom is 0.239 e. The molecule has 0 fully saturated rings. The van der Waals surface area contributed by atoms with Gasteiger partial charge in [0.05, 0.1) is 12.3 Å². The highest BCUT2D eigenvalue weighted by molar-refractivity contribution is 5.53. The van der Waals surface area contributed by atoms with Crippen molar-refractivity contribution in [3.8, 4) is 5.88 Å². The second-order valence-corrected chi connectivity index (χ2v) is 4.27. The van der Waals surface area contributed by atoms with E-state index in [4.69, 9.17) is 15.2 Å². The summed E-state index contributed by atoms with van der Waals surface area (Å²) in [6.07, 6.45) is 3.26. The molecule has 1 aromatic heterocycles. The monoisotopic (exact) mass is 267 g/mol. The lowest BCUT2D eigenvalue weighted by atomic mass is 10.3. The molecule has 0 radical (unpaired) electrons. The molecule has 0 amide bonds. The number of nitrogens with one attached hydrogen (secondary N) is 1. The Balaban J connectivity index is 2.23. The maximum atomic E-state index is 5.76. The van der Waals surface area contributed by atoms with Crippen LogP contribution in [0, 0.1) is 0 Å². The minimum Gasteiger partial charge on any atom is -0.476 e. The van der Waals surface area contributed by atoms with Crippen molar-refractivity contribution in [1.29, 1.82) is 0 Å². The number of ether oxygens (including phenoxy) is 2. The molecule has 0 spiro atoms. The molecule has 5 nitrogen and oxygen atoms in total. The van der Waals surface area contributed by atoms with Crippen molar-refractivity contribution in [2.24, 2.45) is 0 Å².